The highest BCUT2D eigenvalue weighted by molar-refractivity contribution is 7.99. The minimum atomic E-state index is -0.108. The van der Waals surface area contributed by atoms with Crippen LogP contribution in [0.1, 0.15) is 12.5 Å². The Bertz CT molecular complexity index is 1510. The van der Waals surface area contributed by atoms with Gasteiger partial charge in [-0.05, 0) is 67.9 Å². The van der Waals surface area contributed by atoms with Gasteiger partial charge in [-0.1, -0.05) is 41.6 Å². The largest absolute Gasteiger partial charge is 0.325 e. The maximum atomic E-state index is 12.6. The van der Waals surface area contributed by atoms with E-state index in [1.54, 1.807) is 11.3 Å². The molecule has 0 atom stereocenters. The number of fused-ring (bicyclic) bond motifs is 1. The van der Waals surface area contributed by atoms with Gasteiger partial charge in [-0.25, -0.2) is 4.98 Å². The van der Waals surface area contributed by atoms with Crippen LogP contribution in [0, 0.1) is 6.92 Å². The van der Waals surface area contributed by atoms with Gasteiger partial charge in [-0.15, -0.1) is 21.5 Å². The van der Waals surface area contributed by atoms with E-state index in [4.69, 9.17) is 16.6 Å². The van der Waals surface area contributed by atoms with Crippen LogP contribution in [0.4, 0.5) is 5.69 Å². The maximum Gasteiger partial charge on any atom is 0.234 e. The fraction of sp³-hybridized carbons (Fsp3) is 0.154. The molecule has 0 spiro atoms. The molecule has 6 nitrogen and oxygen atoms in total. The summed E-state index contributed by atoms with van der Waals surface area (Å²) in [5.41, 5.74) is 4.82. The van der Waals surface area contributed by atoms with Crippen LogP contribution < -0.4 is 5.32 Å². The minimum Gasteiger partial charge on any atom is -0.325 e. The predicted octanol–water partition coefficient (Wildman–Crippen LogP) is 6.93. The first-order chi connectivity index (χ1) is 17.0. The van der Waals surface area contributed by atoms with Gasteiger partial charge in [-0.3, -0.25) is 4.79 Å². The van der Waals surface area contributed by atoms with E-state index < -0.39 is 0 Å². The van der Waals surface area contributed by atoms with Crippen LogP contribution in [-0.2, 0) is 11.3 Å². The molecule has 0 saturated heterocycles. The van der Waals surface area contributed by atoms with E-state index in [9.17, 15) is 4.79 Å². The minimum absolute atomic E-state index is 0.108. The Balaban J connectivity index is 1.23. The van der Waals surface area contributed by atoms with E-state index in [0.717, 1.165) is 27.3 Å². The van der Waals surface area contributed by atoms with Gasteiger partial charge in [0.25, 0.3) is 0 Å². The van der Waals surface area contributed by atoms with Crippen molar-refractivity contribution in [2.24, 2.45) is 0 Å². The first-order valence-corrected chi connectivity index (χ1v) is 13.3. The summed E-state index contributed by atoms with van der Waals surface area (Å²) >= 11 is 9.36. The molecule has 0 saturated carbocycles. The molecule has 9 heteroatoms. The molecule has 2 aromatic heterocycles. The van der Waals surface area contributed by atoms with E-state index in [-0.39, 0.29) is 11.7 Å². The lowest BCUT2D eigenvalue weighted by Crippen LogP contribution is -2.14. The van der Waals surface area contributed by atoms with Gasteiger partial charge in [0.2, 0.25) is 5.91 Å². The number of rotatable bonds is 7. The summed E-state index contributed by atoms with van der Waals surface area (Å²) < 4.78 is 3.14. The van der Waals surface area contributed by atoms with Crippen molar-refractivity contribution < 1.29 is 4.79 Å². The van der Waals surface area contributed by atoms with Crippen LogP contribution in [0.2, 0.25) is 5.02 Å². The van der Waals surface area contributed by atoms with Gasteiger partial charge in [0.05, 0.1) is 21.0 Å². The van der Waals surface area contributed by atoms with Gasteiger partial charge in [0, 0.05) is 23.4 Å². The number of aryl methyl sites for hydroxylation is 1. The van der Waals surface area contributed by atoms with Crippen LogP contribution in [0.5, 0.6) is 0 Å². The number of carbonyl (C=O) groups excluding carboxylic acids is 1. The monoisotopic (exact) mass is 519 g/mol. The molecular formula is C26H22ClN5OS2. The Morgan fingerprint density at radius 3 is 2.66 bits per heavy atom. The molecule has 0 radical (unpaired) electrons. The number of anilines is 1. The number of carbonyl (C=O) groups is 1. The van der Waals surface area contributed by atoms with Gasteiger partial charge in [-0.2, -0.15) is 0 Å². The Kier molecular flexibility index (Phi) is 6.86. The number of thioether (sulfide) groups is 1. The Hall–Kier alpha value is -3.20. The molecule has 0 aliphatic rings. The van der Waals surface area contributed by atoms with Crippen molar-refractivity contribution in [3.05, 3.63) is 77.3 Å². The molecule has 176 valence electrons. The van der Waals surface area contributed by atoms with E-state index in [1.807, 2.05) is 66.1 Å². The molecule has 0 bridgehead atoms. The molecule has 3 aromatic carbocycles. The fourth-order valence-electron chi connectivity index (χ4n) is 3.70. The summed E-state index contributed by atoms with van der Waals surface area (Å²) in [4.78, 5) is 17.3. The zero-order valence-corrected chi connectivity index (χ0v) is 21.5. The highest BCUT2D eigenvalue weighted by atomic mass is 35.5. The summed E-state index contributed by atoms with van der Waals surface area (Å²) in [7, 11) is 0. The Morgan fingerprint density at radius 1 is 1.09 bits per heavy atom. The molecule has 1 amide bonds. The third-order valence-corrected chi connectivity index (χ3v) is 7.80. The first kappa shape index (κ1) is 23.5. The van der Waals surface area contributed by atoms with Gasteiger partial charge >= 0.3 is 0 Å². The van der Waals surface area contributed by atoms with Gasteiger partial charge < -0.3 is 9.88 Å². The SMILES string of the molecule is CCn1c(SCC(=O)Nc2ccc(-c3nc4ccc(C)cc4s3)cc2)nnc1-c1ccccc1Cl. The maximum absolute atomic E-state index is 12.6. The standard InChI is InChI=1S/C26H22ClN5OS2/c1-3-32-24(19-6-4-5-7-20(19)27)30-31-26(32)34-15-23(33)28-18-11-9-17(10-12-18)25-29-21-13-8-16(2)14-22(21)35-25/h4-14H,3,15H2,1-2H3,(H,28,33). The molecule has 1 N–H and O–H groups in total. The van der Waals surface area contributed by atoms with Crippen LogP contribution in [0.3, 0.4) is 0 Å². The van der Waals surface area contributed by atoms with Crippen molar-refractivity contribution in [2.45, 2.75) is 25.5 Å². The average molecular weight is 520 g/mol. The van der Waals surface area contributed by atoms with Gasteiger partial charge in [0.1, 0.15) is 5.01 Å². The lowest BCUT2D eigenvalue weighted by molar-refractivity contribution is -0.113. The van der Waals surface area contributed by atoms with E-state index in [0.29, 0.717) is 22.5 Å². The number of nitrogens with one attached hydrogen (secondary N) is 1. The topological polar surface area (TPSA) is 72.7 Å². The smallest absolute Gasteiger partial charge is 0.234 e. The second kappa shape index (κ2) is 10.2. The second-order valence-electron chi connectivity index (χ2n) is 7.93. The zero-order valence-electron chi connectivity index (χ0n) is 19.2. The quantitative estimate of drug-likeness (QED) is 0.236. The Labute approximate surface area is 216 Å². The second-order valence-corrected chi connectivity index (χ2v) is 10.3. The molecule has 0 aliphatic heterocycles. The third kappa shape index (κ3) is 5.10. The average Bonchev–Trinajstić information content (AvgIpc) is 3.47. The van der Waals surface area contributed by atoms with Crippen LogP contribution >= 0.6 is 34.7 Å². The number of aromatic nitrogens is 4. The van der Waals surface area contributed by atoms with Crippen LogP contribution in [0.15, 0.2) is 71.9 Å². The molecule has 2 heterocycles. The number of amides is 1. The molecule has 5 rings (SSSR count). The molecule has 0 aliphatic carbocycles. The number of nitrogens with zero attached hydrogens (tertiary/aromatic N) is 4. The lowest BCUT2D eigenvalue weighted by Gasteiger charge is -2.09. The molecular weight excluding hydrogens is 498 g/mol. The zero-order chi connectivity index (χ0) is 24.4. The van der Waals surface area contributed by atoms with Gasteiger partial charge in [0.15, 0.2) is 11.0 Å². The summed E-state index contributed by atoms with van der Waals surface area (Å²) in [6.45, 7) is 4.77. The lowest BCUT2D eigenvalue weighted by atomic mass is 10.2. The highest BCUT2D eigenvalue weighted by Gasteiger charge is 2.16. The molecule has 5 aromatic rings. The van der Waals surface area contributed by atoms with Crippen molar-refractivity contribution in [3.63, 3.8) is 0 Å². The first-order valence-electron chi connectivity index (χ1n) is 11.1. The van der Waals surface area contributed by atoms with Crippen molar-refractivity contribution >= 4 is 56.5 Å². The fourth-order valence-corrected chi connectivity index (χ4v) is 5.79. The predicted molar refractivity (Wildman–Crippen MR) is 145 cm³/mol. The summed E-state index contributed by atoms with van der Waals surface area (Å²) in [6, 6.07) is 21.6. The number of hydrogen-bond acceptors (Lipinski definition) is 6. The molecule has 0 unspecified atom stereocenters. The number of thiazole rings is 1. The normalized spacial score (nSPS) is 11.2. The van der Waals surface area contributed by atoms with Crippen molar-refractivity contribution in [2.75, 3.05) is 11.1 Å². The van der Waals surface area contributed by atoms with Crippen LogP contribution in [-0.4, -0.2) is 31.4 Å². The van der Waals surface area contributed by atoms with E-state index in [2.05, 4.69) is 34.6 Å². The molecule has 35 heavy (non-hydrogen) atoms. The van der Waals surface area contributed by atoms with Crippen molar-refractivity contribution in [1.82, 2.24) is 19.7 Å². The van der Waals surface area contributed by atoms with Crippen molar-refractivity contribution in [1.29, 1.82) is 0 Å². The molecule has 0 fully saturated rings. The number of halogens is 1. The van der Waals surface area contributed by atoms with Crippen molar-refractivity contribution in [3.8, 4) is 22.0 Å². The third-order valence-electron chi connectivity index (χ3n) is 5.44. The highest BCUT2D eigenvalue weighted by Crippen LogP contribution is 2.32. The summed E-state index contributed by atoms with van der Waals surface area (Å²) in [5.74, 6) is 0.810. The Morgan fingerprint density at radius 2 is 1.89 bits per heavy atom. The summed E-state index contributed by atoms with van der Waals surface area (Å²) in [5, 5.41) is 13.8. The van der Waals surface area contributed by atoms with E-state index >= 15 is 0 Å². The number of benzene rings is 3. The van der Waals surface area contributed by atoms with E-state index in [1.165, 1.54) is 22.0 Å². The van der Waals surface area contributed by atoms with Crippen LogP contribution in [0.25, 0.3) is 32.2 Å². The number of hydrogen-bond donors (Lipinski definition) is 1. The summed E-state index contributed by atoms with van der Waals surface area (Å²) in [6.07, 6.45) is 0.